The molecular weight excluding hydrogens is 391 g/mol. The summed E-state index contributed by atoms with van der Waals surface area (Å²) in [6, 6.07) is 3.14. The van der Waals surface area contributed by atoms with Crippen LogP contribution >= 0.6 is 0 Å². The van der Waals surface area contributed by atoms with Crippen LogP contribution in [0, 0.1) is 10.1 Å². The number of non-ortho nitro benzene ring substituents is 1. The van der Waals surface area contributed by atoms with Gasteiger partial charge in [-0.2, -0.15) is 0 Å². The number of nitrogens with zero attached hydrogens (tertiary/aromatic N) is 2. The third kappa shape index (κ3) is 4.86. The van der Waals surface area contributed by atoms with Crippen LogP contribution in [0.4, 0.5) is 20.6 Å². The van der Waals surface area contributed by atoms with Crippen LogP contribution in [-0.4, -0.2) is 42.3 Å². The zero-order valence-corrected chi connectivity index (χ0v) is 16.2. The van der Waals surface area contributed by atoms with Crippen molar-refractivity contribution in [1.82, 2.24) is 0 Å². The summed E-state index contributed by atoms with van der Waals surface area (Å²) >= 11 is 0. The topological polar surface area (TPSA) is 125 Å². The fourth-order valence-electron chi connectivity index (χ4n) is 2.45. The summed E-state index contributed by atoms with van der Waals surface area (Å²) in [5, 5.41) is 11.1. The lowest BCUT2D eigenvalue weighted by molar-refractivity contribution is -0.384. The van der Waals surface area contributed by atoms with Gasteiger partial charge in [-0.25, -0.2) is 14.1 Å². The van der Waals surface area contributed by atoms with E-state index in [0.717, 1.165) is 32.2 Å². The Morgan fingerprint density at radius 1 is 1.34 bits per heavy atom. The van der Waals surface area contributed by atoms with Gasteiger partial charge >= 0.3 is 18.0 Å². The molecule has 1 atom stereocenters. The van der Waals surface area contributed by atoms with Crippen LogP contribution in [0.2, 0.25) is 0 Å². The van der Waals surface area contributed by atoms with Crippen molar-refractivity contribution >= 4 is 29.3 Å². The number of hydrogen-bond acceptors (Lipinski definition) is 8. The molecule has 0 saturated carbocycles. The largest absolute Gasteiger partial charge is 0.488 e. The Balaban J connectivity index is 2.41. The molecule has 1 fully saturated rings. The van der Waals surface area contributed by atoms with Crippen molar-refractivity contribution in [3.63, 3.8) is 0 Å². The van der Waals surface area contributed by atoms with Gasteiger partial charge in [0.05, 0.1) is 18.5 Å². The Hall–Kier alpha value is -3.50. The summed E-state index contributed by atoms with van der Waals surface area (Å²) < 4.78 is 29.2. The number of rotatable bonds is 7. The van der Waals surface area contributed by atoms with Gasteiger partial charge in [0, 0.05) is 12.1 Å². The van der Waals surface area contributed by atoms with Gasteiger partial charge in [0.1, 0.15) is 18.0 Å². The summed E-state index contributed by atoms with van der Waals surface area (Å²) in [6.45, 7) is 3.57. The van der Waals surface area contributed by atoms with Crippen molar-refractivity contribution in [2.75, 3.05) is 18.6 Å². The number of cyclic esters (lactones) is 1. The van der Waals surface area contributed by atoms with Gasteiger partial charge in [0.15, 0.2) is 11.4 Å². The number of ether oxygens (including phenoxy) is 3. The normalized spacial score (nSPS) is 15.6. The molecule has 1 saturated heterocycles. The molecule has 1 heterocycles. The van der Waals surface area contributed by atoms with Crippen molar-refractivity contribution in [3.05, 3.63) is 39.6 Å². The summed E-state index contributed by atoms with van der Waals surface area (Å²) in [5.74, 6) is -2.02. The number of allylic oxidation sites excluding steroid dienone is 1. The predicted octanol–water partition coefficient (Wildman–Crippen LogP) is 3.04. The van der Waals surface area contributed by atoms with E-state index in [1.54, 1.807) is 13.8 Å². The first-order chi connectivity index (χ1) is 13.5. The molecule has 1 aliphatic heterocycles. The summed E-state index contributed by atoms with van der Waals surface area (Å²) in [4.78, 5) is 47.0. The molecule has 0 bridgehead atoms. The van der Waals surface area contributed by atoms with E-state index >= 15 is 0 Å². The van der Waals surface area contributed by atoms with Gasteiger partial charge in [-0.1, -0.05) is 0 Å². The lowest BCUT2D eigenvalue weighted by Crippen LogP contribution is -2.32. The van der Waals surface area contributed by atoms with E-state index in [2.05, 4.69) is 4.74 Å². The van der Waals surface area contributed by atoms with Crippen molar-refractivity contribution in [1.29, 1.82) is 0 Å². The molecule has 10 nitrogen and oxygen atoms in total. The Morgan fingerprint density at radius 3 is 2.52 bits per heavy atom. The number of anilines is 1. The van der Waals surface area contributed by atoms with E-state index in [4.69, 9.17) is 9.47 Å². The summed E-state index contributed by atoms with van der Waals surface area (Å²) in [7, 11) is 1.11. The molecule has 156 valence electrons. The number of nitro groups is 1. The molecule has 1 aromatic rings. The van der Waals surface area contributed by atoms with Gasteiger partial charge in [0.2, 0.25) is 0 Å². The fourth-order valence-corrected chi connectivity index (χ4v) is 2.45. The van der Waals surface area contributed by atoms with Crippen molar-refractivity contribution in [2.45, 2.75) is 32.9 Å². The third-order valence-corrected chi connectivity index (χ3v) is 3.89. The summed E-state index contributed by atoms with van der Waals surface area (Å²) in [5.41, 5.74) is -2.41. The lowest BCUT2D eigenvalue weighted by Gasteiger charge is -2.22. The molecular formula is C18H19FN2O8. The highest BCUT2D eigenvalue weighted by Gasteiger charge is 2.41. The number of amides is 2. The van der Waals surface area contributed by atoms with E-state index in [1.165, 1.54) is 0 Å². The molecule has 29 heavy (non-hydrogen) atoms. The summed E-state index contributed by atoms with van der Waals surface area (Å²) in [6.07, 6.45) is -1.67. The molecule has 2 amide bonds. The second kappa shape index (κ2) is 8.25. The number of alkyl halides is 1. The van der Waals surface area contributed by atoms with E-state index in [0.29, 0.717) is 10.5 Å². The average Bonchev–Trinajstić information content (AvgIpc) is 2.93. The molecule has 0 spiro atoms. The number of carbonyl (C=O) groups is 3. The first kappa shape index (κ1) is 21.8. The first-order valence-electron chi connectivity index (χ1n) is 8.37. The minimum Gasteiger partial charge on any atom is -0.488 e. The van der Waals surface area contributed by atoms with Crippen molar-refractivity contribution in [3.8, 4) is 5.75 Å². The highest BCUT2D eigenvalue weighted by Crippen LogP contribution is 2.37. The number of halogens is 1. The van der Waals surface area contributed by atoms with Crippen LogP contribution in [-0.2, 0) is 19.1 Å². The average molecular weight is 410 g/mol. The number of carbonyl (C=O) groups excluding carboxylic acids is 3. The SMILES string of the molecule is COC(=O)CC(C)(F)COc1ccc([N+](=O)[O-])cc1N1C(=O)OC(=C(C)C)C1=O. The Bertz CT molecular complexity index is 905. The van der Waals surface area contributed by atoms with Crippen molar-refractivity contribution < 1.29 is 37.9 Å². The molecule has 1 aromatic carbocycles. The maximum atomic E-state index is 14.5. The number of hydrogen-bond donors (Lipinski definition) is 0. The van der Waals surface area contributed by atoms with Crippen LogP contribution in [0.5, 0.6) is 5.75 Å². The third-order valence-electron chi connectivity index (χ3n) is 3.89. The minimum atomic E-state index is -2.13. The van der Waals surface area contributed by atoms with E-state index in [1.807, 2.05) is 0 Å². The quantitative estimate of drug-likeness (QED) is 0.291. The molecule has 0 aromatic heterocycles. The highest BCUT2D eigenvalue weighted by atomic mass is 19.1. The van der Waals surface area contributed by atoms with Gasteiger partial charge in [-0.15, -0.1) is 0 Å². The predicted molar refractivity (Wildman–Crippen MR) is 97.1 cm³/mol. The van der Waals surface area contributed by atoms with E-state index < -0.39 is 47.3 Å². The highest BCUT2D eigenvalue weighted by molar-refractivity contribution is 6.24. The molecule has 2 rings (SSSR count). The molecule has 0 radical (unpaired) electrons. The molecule has 1 unspecified atom stereocenters. The number of esters is 1. The first-order valence-corrected chi connectivity index (χ1v) is 8.37. The van der Waals surface area contributed by atoms with Crippen LogP contribution in [0.15, 0.2) is 29.5 Å². The minimum absolute atomic E-state index is 0.176. The Kier molecular flexibility index (Phi) is 6.20. The number of benzene rings is 1. The van der Waals surface area contributed by atoms with E-state index in [9.17, 15) is 28.9 Å². The maximum absolute atomic E-state index is 14.5. The number of methoxy groups -OCH3 is 1. The lowest BCUT2D eigenvalue weighted by atomic mass is 10.1. The maximum Gasteiger partial charge on any atom is 0.427 e. The second-order valence-corrected chi connectivity index (χ2v) is 6.70. The zero-order chi connectivity index (χ0) is 21.9. The fraction of sp³-hybridized carbons (Fsp3) is 0.389. The Morgan fingerprint density at radius 2 is 2.00 bits per heavy atom. The standard InChI is InChI=1S/C18H19FN2O8/c1-10(2)15-16(23)20(17(24)29-15)12-7-11(21(25)26)5-6-13(12)28-9-18(3,19)8-14(22)27-4/h5-7H,8-9H2,1-4H3. The van der Waals surface area contributed by atoms with Crippen LogP contribution in [0.3, 0.4) is 0 Å². The molecule has 0 aliphatic carbocycles. The molecule has 1 aliphatic rings. The number of nitro benzene ring substituents is 1. The van der Waals surface area contributed by atoms with E-state index in [-0.39, 0.29) is 17.2 Å². The van der Waals surface area contributed by atoms with Crippen LogP contribution < -0.4 is 9.64 Å². The van der Waals surface area contributed by atoms with Gasteiger partial charge in [-0.05, 0) is 32.4 Å². The Labute approximate surface area is 165 Å². The van der Waals surface area contributed by atoms with Gasteiger partial charge in [0.25, 0.3) is 5.69 Å². The second-order valence-electron chi connectivity index (χ2n) is 6.70. The van der Waals surface area contributed by atoms with Crippen molar-refractivity contribution in [2.24, 2.45) is 0 Å². The molecule has 11 heteroatoms. The smallest absolute Gasteiger partial charge is 0.427 e. The molecule has 0 N–H and O–H groups in total. The van der Waals surface area contributed by atoms with Crippen LogP contribution in [0.25, 0.3) is 0 Å². The number of imide groups is 1. The van der Waals surface area contributed by atoms with Gasteiger partial charge < -0.3 is 14.2 Å². The van der Waals surface area contributed by atoms with Gasteiger partial charge in [-0.3, -0.25) is 19.7 Å². The monoisotopic (exact) mass is 410 g/mol. The zero-order valence-electron chi connectivity index (χ0n) is 16.2. The van der Waals surface area contributed by atoms with Crippen LogP contribution in [0.1, 0.15) is 27.2 Å².